The van der Waals surface area contributed by atoms with E-state index in [2.05, 4.69) is 19.2 Å². The second-order valence-corrected chi connectivity index (χ2v) is 5.06. The van der Waals surface area contributed by atoms with E-state index in [0.717, 1.165) is 5.75 Å². The van der Waals surface area contributed by atoms with E-state index in [-0.39, 0.29) is 24.7 Å². The van der Waals surface area contributed by atoms with E-state index < -0.39 is 0 Å². The number of aliphatic hydroxyl groups excluding tert-OH is 2. The standard InChI is InChI=1S/C14H23NO3/c1-14(2,10-15-12(8-16)9-17)11-4-6-13(18-3)7-5-11/h4-7,12,15-17H,8-10H2,1-3H3. The van der Waals surface area contributed by atoms with Gasteiger partial charge in [0.25, 0.3) is 0 Å². The van der Waals surface area contributed by atoms with Gasteiger partial charge in [0.15, 0.2) is 0 Å². The lowest BCUT2D eigenvalue weighted by Crippen LogP contribution is -2.42. The van der Waals surface area contributed by atoms with E-state index in [9.17, 15) is 0 Å². The Kier molecular flexibility index (Phi) is 5.59. The van der Waals surface area contributed by atoms with Gasteiger partial charge in [-0.2, -0.15) is 0 Å². The van der Waals surface area contributed by atoms with Crippen LogP contribution in [0.1, 0.15) is 19.4 Å². The Balaban J connectivity index is 2.66. The third-order valence-electron chi connectivity index (χ3n) is 3.14. The Morgan fingerprint density at radius 3 is 2.17 bits per heavy atom. The van der Waals surface area contributed by atoms with Crippen LogP contribution in [-0.2, 0) is 5.41 Å². The molecule has 4 heteroatoms. The van der Waals surface area contributed by atoms with E-state index in [1.54, 1.807) is 7.11 Å². The molecule has 0 aliphatic carbocycles. The maximum atomic E-state index is 9.02. The lowest BCUT2D eigenvalue weighted by molar-refractivity contribution is 0.166. The number of benzene rings is 1. The second-order valence-electron chi connectivity index (χ2n) is 5.06. The van der Waals surface area contributed by atoms with Crippen molar-refractivity contribution in [3.05, 3.63) is 29.8 Å². The molecule has 0 fully saturated rings. The van der Waals surface area contributed by atoms with E-state index in [1.807, 2.05) is 24.3 Å². The summed E-state index contributed by atoms with van der Waals surface area (Å²) in [6.45, 7) is 4.80. The average Bonchev–Trinajstić information content (AvgIpc) is 2.40. The third kappa shape index (κ3) is 3.98. The third-order valence-corrected chi connectivity index (χ3v) is 3.14. The van der Waals surface area contributed by atoms with Crippen LogP contribution in [0.3, 0.4) is 0 Å². The first kappa shape index (κ1) is 15.0. The van der Waals surface area contributed by atoms with Crippen molar-refractivity contribution >= 4 is 0 Å². The number of hydrogen-bond acceptors (Lipinski definition) is 4. The Morgan fingerprint density at radius 2 is 1.72 bits per heavy atom. The monoisotopic (exact) mass is 253 g/mol. The highest BCUT2D eigenvalue weighted by atomic mass is 16.5. The summed E-state index contributed by atoms with van der Waals surface area (Å²) in [5.74, 6) is 0.839. The van der Waals surface area contributed by atoms with Crippen LogP contribution in [-0.4, -0.2) is 43.1 Å². The SMILES string of the molecule is COc1ccc(C(C)(C)CNC(CO)CO)cc1. The van der Waals surface area contributed by atoms with Crippen molar-refractivity contribution in [3.8, 4) is 5.75 Å². The van der Waals surface area contributed by atoms with Crippen molar-refractivity contribution in [3.63, 3.8) is 0 Å². The molecule has 0 saturated heterocycles. The lowest BCUT2D eigenvalue weighted by Gasteiger charge is -2.28. The van der Waals surface area contributed by atoms with Crippen LogP contribution in [0.25, 0.3) is 0 Å². The van der Waals surface area contributed by atoms with Crippen LogP contribution in [0, 0.1) is 0 Å². The number of aliphatic hydroxyl groups is 2. The minimum atomic E-state index is -0.262. The highest BCUT2D eigenvalue weighted by Gasteiger charge is 2.21. The molecule has 3 N–H and O–H groups in total. The molecule has 0 heterocycles. The van der Waals surface area contributed by atoms with Gasteiger partial charge in [-0.3, -0.25) is 0 Å². The molecule has 0 saturated carbocycles. The molecular formula is C14H23NO3. The molecule has 1 aromatic rings. The lowest BCUT2D eigenvalue weighted by atomic mass is 9.84. The molecule has 18 heavy (non-hydrogen) atoms. The van der Waals surface area contributed by atoms with Gasteiger partial charge < -0.3 is 20.3 Å². The van der Waals surface area contributed by atoms with E-state index in [4.69, 9.17) is 14.9 Å². The number of nitrogens with one attached hydrogen (secondary N) is 1. The van der Waals surface area contributed by atoms with Crippen LogP contribution >= 0.6 is 0 Å². The number of hydrogen-bond donors (Lipinski definition) is 3. The van der Waals surface area contributed by atoms with Crippen LogP contribution < -0.4 is 10.1 Å². The van der Waals surface area contributed by atoms with Crippen molar-refractivity contribution in [2.24, 2.45) is 0 Å². The van der Waals surface area contributed by atoms with Gasteiger partial charge in [-0.25, -0.2) is 0 Å². The van der Waals surface area contributed by atoms with Gasteiger partial charge in [0.05, 0.1) is 26.4 Å². The van der Waals surface area contributed by atoms with Gasteiger partial charge in [-0.05, 0) is 17.7 Å². The molecule has 102 valence electrons. The second kappa shape index (κ2) is 6.73. The first-order valence-corrected chi connectivity index (χ1v) is 6.13. The quantitative estimate of drug-likeness (QED) is 0.676. The van der Waals surface area contributed by atoms with E-state index in [0.29, 0.717) is 6.54 Å². The average molecular weight is 253 g/mol. The summed E-state index contributed by atoms with van der Waals surface area (Å²) in [5, 5.41) is 21.2. The fourth-order valence-electron chi connectivity index (χ4n) is 1.73. The normalized spacial score (nSPS) is 11.9. The van der Waals surface area contributed by atoms with Crippen molar-refractivity contribution in [1.82, 2.24) is 5.32 Å². The Labute approximate surface area is 109 Å². The maximum absolute atomic E-state index is 9.02. The fourth-order valence-corrected chi connectivity index (χ4v) is 1.73. The summed E-state index contributed by atoms with van der Waals surface area (Å²) in [6, 6.07) is 7.68. The number of ether oxygens (including phenoxy) is 1. The molecule has 0 aromatic heterocycles. The zero-order valence-electron chi connectivity index (χ0n) is 11.3. The zero-order chi connectivity index (χ0) is 13.6. The van der Waals surface area contributed by atoms with Crippen LogP contribution in [0.4, 0.5) is 0 Å². The van der Waals surface area contributed by atoms with Crippen LogP contribution in [0.15, 0.2) is 24.3 Å². The Bertz CT molecular complexity index is 345. The molecule has 0 aliphatic rings. The van der Waals surface area contributed by atoms with Crippen molar-refractivity contribution in [2.75, 3.05) is 26.9 Å². The molecule has 4 nitrogen and oxygen atoms in total. The van der Waals surface area contributed by atoms with E-state index >= 15 is 0 Å². The minimum absolute atomic E-state index is 0.0603. The fraction of sp³-hybridized carbons (Fsp3) is 0.571. The molecule has 0 amide bonds. The zero-order valence-corrected chi connectivity index (χ0v) is 11.3. The summed E-state index contributed by atoms with van der Waals surface area (Å²) in [5.41, 5.74) is 1.11. The van der Waals surface area contributed by atoms with Crippen molar-refractivity contribution in [1.29, 1.82) is 0 Å². The topological polar surface area (TPSA) is 61.7 Å². The van der Waals surface area contributed by atoms with Crippen molar-refractivity contribution in [2.45, 2.75) is 25.3 Å². The minimum Gasteiger partial charge on any atom is -0.497 e. The van der Waals surface area contributed by atoms with Gasteiger partial charge in [0.1, 0.15) is 5.75 Å². The van der Waals surface area contributed by atoms with Crippen LogP contribution in [0.2, 0.25) is 0 Å². The van der Waals surface area contributed by atoms with Gasteiger partial charge in [0, 0.05) is 12.0 Å². The first-order valence-electron chi connectivity index (χ1n) is 6.13. The molecule has 0 aliphatic heterocycles. The first-order chi connectivity index (χ1) is 8.53. The highest BCUT2D eigenvalue weighted by Crippen LogP contribution is 2.24. The number of rotatable bonds is 7. The van der Waals surface area contributed by atoms with Crippen molar-refractivity contribution < 1.29 is 14.9 Å². The summed E-state index contributed by atoms with van der Waals surface area (Å²) in [6.07, 6.45) is 0. The predicted octanol–water partition coefficient (Wildman–Crippen LogP) is 0.916. The maximum Gasteiger partial charge on any atom is 0.118 e. The molecule has 0 atom stereocenters. The molecular weight excluding hydrogens is 230 g/mol. The van der Waals surface area contributed by atoms with Gasteiger partial charge >= 0.3 is 0 Å². The number of methoxy groups -OCH3 is 1. The van der Waals surface area contributed by atoms with E-state index in [1.165, 1.54) is 5.56 Å². The van der Waals surface area contributed by atoms with Gasteiger partial charge in [-0.1, -0.05) is 26.0 Å². The molecule has 0 unspecified atom stereocenters. The highest BCUT2D eigenvalue weighted by molar-refractivity contribution is 5.31. The molecule has 1 aromatic carbocycles. The Hall–Kier alpha value is -1.10. The largest absolute Gasteiger partial charge is 0.497 e. The molecule has 0 spiro atoms. The Morgan fingerprint density at radius 1 is 1.17 bits per heavy atom. The predicted molar refractivity (Wildman–Crippen MR) is 72.0 cm³/mol. The molecule has 1 rings (SSSR count). The summed E-state index contributed by atoms with van der Waals surface area (Å²) >= 11 is 0. The summed E-state index contributed by atoms with van der Waals surface area (Å²) < 4.78 is 5.13. The molecule has 0 bridgehead atoms. The van der Waals surface area contributed by atoms with Gasteiger partial charge in [0.2, 0.25) is 0 Å². The molecule has 0 radical (unpaired) electrons. The summed E-state index contributed by atoms with van der Waals surface area (Å²) in [4.78, 5) is 0. The summed E-state index contributed by atoms with van der Waals surface area (Å²) in [7, 11) is 1.65. The van der Waals surface area contributed by atoms with Gasteiger partial charge in [-0.15, -0.1) is 0 Å². The smallest absolute Gasteiger partial charge is 0.118 e. The van der Waals surface area contributed by atoms with Crippen LogP contribution in [0.5, 0.6) is 5.75 Å².